The fourth-order valence-electron chi connectivity index (χ4n) is 2.27. The number of hydrogen-bond donors (Lipinski definition) is 2. The van der Waals surface area contributed by atoms with Crippen LogP contribution in [-0.4, -0.2) is 48.9 Å². The number of sulfonamides is 1. The van der Waals surface area contributed by atoms with Crippen molar-refractivity contribution in [2.75, 3.05) is 26.2 Å². The molecular formula is C11H20N4O2S. The average Bonchev–Trinajstić information content (AvgIpc) is 2.91. The number of hydrogen-bond acceptors (Lipinski definition) is 4. The number of nitrogens with one attached hydrogen (secondary N) is 2. The van der Waals surface area contributed by atoms with Gasteiger partial charge in [-0.1, -0.05) is 6.92 Å². The molecule has 1 saturated heterocycles. The molecule has 0 aromatic carbocycles. The number of H-pyrrole nitrogens is 1. The van der Waals surface area contributed by atoms with E-state index in [1.165, 1.54) is 16.8 Å². The van der Waals surface area contributed by atoms with Crippen molar-refractivity contribution in [2.45, 2.75) is 24.8 Å². The molecule has 102 valence electrons. The summed E-state index contributed by atoms with van der Waals surface area (Å²) in [6.45, 7) is 4.92. The lowest BCUT2D eigenvalue weighted by Gasteiger charge is -2.28. The number of rotatable bonds is 5. The van der Waals surface area contributed by atoms with Gasteiger partial charge in [0.25, 0.3) is 10.0 Å². The second-order valence-electron chi connectivity index (χ2n) is 4.56. The van der Waals surface area contributed by atoms with Crippen molar-refractivity contribution in [1.29, 1.82) is 0 Å². The van der Waals surface area contributed by atoms with Crippen molar-refractivity contribution >= 4 is 10.0 Å². The van der Waals surface area contributed by atoms with Gasteiger partial charge in [0.05, 0.1) is 12.5 Å². The van der Waals surface area contributed by atoms with Crippen molar-refractivity contribution in [3.8, 4) is 0 Å². The standard InChI is InChI=1S/C11H20N4O2S/c1-2-15(8-10-3-5-12-6-4-10)18(16,17)11-7-13-9-14-11/h7,9-10,12H,2-6,8H2,1H3,(H,13,14). The number of piperidine rings is 1. The Morgan fingerprint density at radius 3 is 2.72 bits per heavy atom. The Morgan fingerprint density at radius 1 is 1.44 bits per heavy atom. The molecule has 2 heterocycles. The Kier molecular flexibility index (Phi) is 4.36. The first-order chi connectivity index (χ1) is 8.64. The molecule has 0 aliphatic carbocycles. The van der Waals surface area contributed by atoms with Gasteiger partial charge in [-0.3, -0.25) is 0 Å². The minimum atomic E-state index is -3.41. The molecule has 0 unspecified atom stereocenters. The van der Waals surface area contributed by atoms with Crippen molar-refractivity contribution in [1.82, 2.24) is 19.6 Å². The summed E-state index contributed by atoms with van der Waals surface area (Å²) in [4.78, 5) is 6.46. The van der Waals surface area contributed by atoms with Gasteiger partial charge in [-0.05, 0) is 31.8 Å². The molecule has 7 heteroatoms. The molecule has 2 N–H and O–H groups in total. The van der Waals surface area contributed by atoms with Crippen LogP contribution in [0.1, 0.15) is 19.8 Å². The molecule has 18 heavy (non-hydrogen) atoms. The minimum Gasteiger partial charge on any atom is -0.335 e. The zero-order chi connectivity index (χ0) is 13.0. The summed E-state index contributed by atoms with van der Waals surface area (Å²) in [7, 11) is -3.41. The van der Waals surface area contributed by atoms with E-state index < -0.39 is 10.0 Å². The molecule has 0 atom stereocenters. The van der Waals surface area contributed by atoms with E-state index in [2.05, 4.69) is 15.3 Å². The number of imidazole rings is 1. The molecular weight excluding hydrogens is 252 g/mol. The van der Waals surface area contributed by atoms with Gasteiger partial charge in [0, 0.05) is 13.1 Å². The molecule has 0 spiro atoms. The molecule has 2 rings (SSSR count). The maximum absolute atomic E-state index is 12.3. The summed E-state index contributed by atoms with van der Waals surface area (Å²) in [5.41, 5.74) is 0. The molecule has 0 saturated carbocycles. The fourth-order valence-corrected chi connectivity index (χ4v) is 3.69. The van der Waals surface area contributed by atoms with E-state index in [1.54, 1.807) is 0 Å². The van der Waals surface area contributed by atoms with Gasteiger partial charge in [0.15, 0.2) is 5.03 Å². The lowest BCUT2D eigenvalue weighted by molar-refractivity contribution is 0.294. The maximum atomic E-state index is 12.3. The summed E-state index contributed by atoms with van der Waals surface area (Å²) in [6.07, 6.45) is 4.83. The molecule has 0 bridgehead atoms. The van der Waals surface area contributed by atoms with Gasteiger partial charge in [-0.25, -0.2) is 13.4 Å². The van der Waals surface area contributed by atoms with Crippen molar-refractivity contribution in [2.24, 2.45) is 5.92 Å². The third-order valence-electron chi connectivity index (χ3n) is 3.36. The van der Waals surface area contributed by atoms with E-state index in [0.717, 1.165) is 25.9 Å². The Bertz CT molecular complexity index is 451. The van der Waals surface area contributed by atoms with Crippen LogP contribution in [0.5, 0.6) is 0 Å². The Morgan fingerprint density at radius 2 is 2.17 bits per heavy atom. The Balaban J connectivity index is 2.08. The SMILES string of the molecule is CCN(CC1CCNCC1)S(=O)(=O)c1cnc[nH]1. The van der Waals surface area contributed by atoms with Crippen LogP contribution in [0.3, 0.4) is 0 Å². The van der Waals surface area contributed by atoms with E-state index >= 15 is 0 Å². The quantitative estimate of drug-likeness (QED) is 0.814. The highest BCUT2D eigenvalue weighted by molar-refractivity contribution is 7.89. The van der Waals surface area contributed by atoms with Gasteiger partial charge in [0.1, 0.15) is 0 Å². The average molecular weight is 272 g/mol. The second-order valence-corrected chi connectivity index (χ2v) is 6.47. The first-order valence-corrected chi connectivity index (χ1v) is 7.78. The third kappa shape index (κ3) is 2.90. The van der Waals surface area contributed by atoms with Gasteiger partial charge in [-0.2, -0.15) is 4.31 Å². The predicted molar refractivity (Wildman–Crippen MR) is 68.6 cm³/mol. The van der Waals surface area contributed by atoms with Crippen LogP contribution in [0.25, 0.3) is 0 Å². The molecule has 0 amide bonds. The highest BCUT2D eigenvalue weighted by Gasteiger charge is 2.27. The number of nitrogens with zero attached hydrogens (tertiary/aromatic N) is 2. The Hall–Kier alpha value is -0.920. The van der Waals surface area contributed by atoms with Crippen molar-refractivity contribution in [3.63, 3.8) is 0 Å². The molecule has 1 fully saturated rings. The maximum Gasteiger partial charge on any atom is 0.260 e. The van der Waals surface area contributed by atoms with Gasteiger partial charge >= 0.3 is 0 Å². The van der Waals surface area contributed by atoms with Crippen LogP contribution in [0.4, 0.5) is 0 Å². The highest BCUT2D eigenvalue weighted by Crippen LogP contribution is 2.18. The Labute approximate surface area is 108 Å². The molecule has 1 aromatic rings. The monoisotopic (exact) mass is 272 g/mol. The van der Waals surface area contributed by atoms with Gasteiger partial charge in [-0.15, -0.1) is 0 Å². The lowest BCUT2D eigenvalue weighted by Crippen LogP contribution is -2.39. The fraction of sp³-hybridized carbons (Fsp3) is 0.727. The van der Waals surface area contributed by atoms with Crippen LogP contribution in [0, 0.1) is 5.92 Å². The van der Waals surface area contributed by atoms with Crippen LogP contribution >= 0.6 is 0 Å². The summed E-state index contributed by atoms with van der Waals surface area (Å²) in [5.74, 6) is 0.448. The smallest absolute Gasteiger partial charge is 0.260 e. The highest BCUT2D eigenvalue weighted by atomic mass is 32.2. The minimum absolute atomic E-state index is 0.179. The van der Waals surface area contributed by atoms with Crippen LogP contribution in [0.2, 0.25) is 0 Å². The first kappa shape index (κ1) is 13.5. The van der Waals surface area contributed by atoms with Crippen LogP contribution in [-0.2, 0) is 10.0 Å². The summed E-state index contributed by atoms with van der Waals surface area (Å²) < 4.78 is 26.2. The molecule has 6 nitrogen and oxygen atoms in total. The largest absolute Gasteiger partial charge is 0.335 e. The van der Waals surface area contributed by atoms with E-state index in [0.29, 0.717) is 19.0 Å². The van der Waals surface area contributed by atoms with E-state index in [4.69, 9.17) is 0 Å². The third-order valence-corrected chi connectivity index (χ3v) is 5.23. The molecule has 1 aliphatic rings. The van der Waals surface area contributed by atoms with Crippen LogP contribution in [0.15, 0.2) is 17.6 Å². The van der Waals surface area contributed by atoms with Crippen molar-refractivity contribution in [3.05, 3.63) is 12.5 Å². The van der Waals surface area contributed by atoms with Crippen molar-refractivity contribution < 1.29 is 8.42 Å². The van der Waals surface area contributed by atoms with E-state index in [1.807, 2.05) is 6.92 Å². The second kappa shape index (κ2) is 5.81. The summed E-state index contributed by atoms with van der Waals surface area (Å²) in [5, 5.41) is 3.47. The molecule has 1 aliphatic heterocycles. The zero-order valence-electron chi connectivity index (χ0n) is 10.6. The van der Waals surface area contributed by atoms with E-state index in [-0.39, 0.29) is 5.03 Å². The molecule has 0 radical (unpaired) electrons. The van der Waals surface area contributed by atoms with Gasteiger partial charge in [0.2, 0.25) is 0 Å². The topological polar surface area (TPSA) is 78.1 Å². The van der Waals surface area contributed by atoms with Crippen LogP contribution < -0.4 is 5.32 Å². The number of aromatic nitrogens is 2. The summed E-state index contributed by atoms with van der Waals surface area (Å²) >= 11 is 0. The van der Waals surface area contributed by atoms with E-state index in [9.17, 15) is 8.42 Å². The number of aromatic amines is 1. The zero-order valence-corrected chi connectivity index (χ0v) is 11.4. The summed E-state index contributed by atoms with van der Waals surface area (Å²) in [6, 6.07) is 0. The molecule has 1 aromatic heterocycles. The van der Waals surface area contributed by atoms with Gasteiger partial charge < -0.3 is 10.3 Å². The predicted octanol–water partition coefficient (Wildman–Crippen LogP) is 0.420. The lowest BCUT2D eigenvalue weighted by atomic mass is 9.98. The normalized spacial score (nSPS) is 18.3. The first-order valence-electron chi connectivity index (χ1n) is 6.34.